The molecule has 1 unspecified atom stereocenters. The van der Waals surface area contributed by atoms with Crippen LogP contribution in [0.1, 0.15) is 13.3 Å². The molecule has 1 aromatic rings. The molecule has 0 aliphatic carbocycles. The number of nitrogens with zero attached hydrogens (tertiary/aromatic N) is 2. The molecule has 1 atom stereocenters. The Morgan fingerprint density at radius 2 is 2.25 bits per heavy atom. The van der Waals surface area contributed by atoms with Crippen LogP contribution in [0.15, 0.2) is 23.1 Å². The maximum atomic E-state index is 11.5. The number of hydrogen-bond donors (Lipinski definition) is 0. The Kier molecular flexibility index (Phi) is 4.67. The Labute approximate surface area is 101 Å². The van der Waals surface area contributed by atoms with E-state index in [1.54, 1.807) is 0 Å². The third-order valence-electron chi connectivity index (χ3n) is 2.43. The molecule has 0 fully saturated rings. The molecule has 0 radical (unpaired) electrons. The maximum Gasteiger partial charge on any atom is 0.285 e. The van der Waals surface area contributed by atoms with E-state index < -0.39 is 4.92 Å². The van der Waals surface area contributed by atoms with E-state index in [1.807, 2.05) is 6.92 Å². The van der Waals surface area contributed by atoms with E-state index in [9.17, 15) is 14.9 Å². The monoisotopic (exact) mass is 288 g/mol. The zero-order valence-electron chi connectivity index (χ0n) is 8.93. The van der Waals surface area contributed by atoms with E-state index in [4.69, 9.17) is 0 Å². The van der Waals surface area contributed by atoms with Gasteiger partial charge in [-0.3, -0.25) is 14.9 Å². The minimum atomic E-state index is -0.495. The topological polar surface area (TPSA) is 65.1 Å². The molecule has 5 nitrogen and oxygen atoms in total. The van der Waals surface area contributed by atoms with Gasteiger partial charge in [0.2, 0.25) is 0 Å². The quantitative estimate of drug-likeness (QED) is 0.474. The van der Waals surface area contributed by atoms with E-state index in [1.165, 1.54) is 22.9 Å². The summed E-state index contributed by atoms with van der Waals surface area (Å²) >= 11 is 3.36. The van der Waals surface area contributed by atoms with Crippen molar-refractivity contribution in [3.63, 3.8) is 0 Å². The van der Waals surface area contributed by atoms with Gasteiger partial charge in [-0.1, -0.05) is 29.3 Å². The Bertz CT molecular complexity index is 426. The molecule has 0 aliphatic heterocycles. The van der Waals surface area contributed by atoms with Crippen molar-refractivity contribution < 1.29 is 4.92 Å². The summed E-state index contributed by atoms with van der Waals surface area (Å²) in [4.78, 5) is 21.6. The van der Waals surface area contributed by atoms with Gasteiger partial charge in [-0.2, -0.15) is 0 Å². The number of hydrogen-bond acceptors (Lipinski definition) is 3. The van der Waals surface area contributed by atoms with Crippen molar-refractivity contribution in [1.29, 1.82) is 0 Å². The molecule has 16 heavy (non-hydrogen) atoms. The van der Waals surface area contributed by atoms with Crippen LogP contribution in [0.3, 0.4) is 0 Å². The predicted molar refractivity (Wildman–Crippen MR) is 64.9 cm³/mol. The van der Waals surface area contributed by atoms with Gasteiger partial charge in [0.05, 0.1) is 11.1 Å². The number of rotatable bonds is 5. The van der Waals surface area contributed by atoms with Crippen LogP contribution >= 0.6 is 15.9 Å². The zero-order chi connectivity index (χ0) is 12.1. The first kappa shape index (κ1) is 12.9. The van der Waals surface area contributed by atoms with E-state index in [0.717, 1.165) is 11.8 Å². The molecule has 88 valence electrons. The van der Waals surface area contributed by atoms with Crippen molar-refractivity contribution in [2.24, 2.45) is 5.92 Å². The summed E-state index contributed by atoms with van der Waals surface area (Å²) in [6, 6.07) is 2.47. The molecule has 0 N–H and O–H groups in total. The second-order valence-electron chi connectivity index (χ2n) is 3.56. The van der Waals surface area contributed by atoms with E-state index in [2.05, 4.69) is 15.9 Å². The lowest BCUT2D eigenvalue weighted by Gasteiger charge is -2.12. The average molecular weight is 289 g/mol. The first-order valence-corrected chi connectivity index (χ1v) is 6.11. The molecule has 0 spiro atoms. The lowest BCUT2D eigenvalue weighted by atomic mass is 10.1. The summed E-state index contributed by atoms with van der Waals surface area (Å²) in [5.74, 6) is 0.305. The fourth-order valence-electron chi connectivity index (χ4n) is 1.33. The molecule has 1 heterocycles. The summed E-state index contributed by atoms with van der Waals surface area (Å²) in [7, 11) is 0. The van der Waals surface area contributed by atoms with Crippen LogP contribution in [0.25, 0.3) is 0 Å². The summed E-state index contributed by atoms with van der Waals surface area (Å²) in [5.41, 5.74) is -0.256. The smallest absolute Gasteiger partial charge is 0.285 e. The van der Waals surface area contributed by atoms with Crippen molar-refractivity contribution in [3.05, 3.63) is 38.8 Å². The molecule has 0 amide bonds. The molecular weight excluding hydrogens is 276 g/mol. The SMILES string of the molecule is CCC(CBr)Cn1cc([N+](=O)[O-])ccc1=O. The van der Waals surface area contributed by atoms with Gasteiger partial charge in [0.25, 0.3) is 11.2 Å². The van der Waals surface area contributed by atoms with Crippen LogP contribution in [0.4, 0.5) is 5.69 Å². The predicted octanol–water partition coefficient (Wildman–Crippen LogP) is 2.18. The van der Waals surface area contributed by atoms with Crippen molar-refractivity contribution in [2.45, 2.75) is 19.9 Å². The van der Waals surface area contributed by atoms with Crippen molar-refractivity contribution >= 4 is 21.6 Å². The molecular formula is C10H13BrN2O3. The Morgan fingerprint density at radius 1 is 1.56 bits per heavy atom. The number of pyridine rings is 1. The van der Waals surface area contributed by atoms with Crippen LogP contribution in [0, 0.1) is 16.0 Å². The molecule has 0 aromatic carbocycles. The lowest BCUT2D eigenvalue weighted by Crippen LogP contribution is -2.23. The van der Waals surface area contributed by atoms with Crippen LogP contribution in [0.5, 0.6) is 0 Å². The summed E-state index contributed by atoms with van der Waals surface area (Å²) in [6.45, 7) is 2.52. The van der Waals surface area contributed by atoms with Gasteiger partial charge < -0.3 is 4.57 Å². The first-order valence-electron chi connectivity index (χ1n) is 4.99. The molecule has 0 saturated carbocycles. The average Bonchev–Trinajstić information content (AvgIpc) is 2.27. The van der Waals surface area contributed by atoms with Crippen molar-refractivity contribution in [1.82, 2.24) is 4.57 Å². The van der Waals surface area contributed by atoms with E-state index >= 15 is 0 Å². The van der Waals surface area contributed by atoms with Crippen LogP contribution in [0.2, 0.25) is 0 Å². The normalized spacial score (nSPS) is 12.4. The lowest BCUT2D eigenvalue weighted by molar-refractivity contribution is -0.385. The highest BCUT2D eigenvalue weighted by Gasteiger charge is 2.11. The van der Waals surface area contributed by atoms with Crippen LogP contribution in [-0.4, -0.2) is 14.8 Å². The molecule has 0 saturated heterocycles. The number of halogens is 1. The van der Waals surface area contributed by atoms with Gasteiger partial charge in [-0.15, -0.1) is 0 Å². The maximum absolute atomic E-state index is 11.5. The zero-order valence-corrected chi connectivity index (χ0v) is 10.5. The number of nitro groups is 1. The van der Waals surface area contributed by atoms with E-state index in [0.29, 0.717) is 12.5 Å². The standard InChI is InChI=1S/C10H13BrN2O3/c1-2-8(5-11)6-12-7-9(13(15)16)3-4-10(12)14/h3-4,7-8H,2,5-6H2,1H3. The minimum Gasteiger partial charge on any atom is -0.309 e. The van der Waals surface area contributed by atoms with E-state index in [-0.39, 0.29) is 11.2 Å². The van der Waals surface area contributed by atoms with Gasteiger partial charge in [-0.05, 0) is 5.92 Å². The molecule has 1 aromatic heterocycles. The minimum absolute atomic E-state index is 0.0518. The van der Waals surface area contributed by atoms with Crippen LogP contribution < -0.4 is 5.56 Å². The molecule has 6 heteroatoms. The second kappa shape index (κ2) is 5.79. The Balaban J connectivity index is 2.98. The summed E-state index contributed by atoms with van der Waals surface area (Å²) < 4.78 is 1.40. The largest absolute Gasteiger partial charge is 0.309 e. The van der Waals surface area contributed by atoms with Crippen LogP contribution in [-0.2, 0) is 6.54 Å². The Hall–Kier alpha value is -1.17. The summed E-state index contributed by atoms with van der Waals surface area (Å²) in [5, 5.41) is 11.3. The Morgan fingerprint density at radius 3 is 2.75 bits per heavy atom. The highest BCUT2D eigenvalue weighted by atomic mass is 79.9. The number of aromatic nitrogens is 1. The fraction of sp³-hybridized carbons (Fsp3) is 0.500. The van der Waals surface area contributed by atoms with Crippen molar-refractivity contribution in [2.75, 3.05) is 5.33 Å². The number of alkyl halides is 1. The fourth-order valence-corrected chi connectivity index (χ4v) is 2.00. The molecule has 1 rings (SSSR count). The molecule has 0 aliphatic rings. The third kappa shape index (κ3) is 3.16. The first-order chi connectivity index (χ1) is 7.58. The molecule has 0 bridgehead atoms. The highest BCUT2D eigenvalue weighted by Crippen LogP contribution is 2.11. The van der Waals surface area contributed by atoms with Gasteiger partial charge in [-0.25, -0.2) is 0 Å². The van der Waals surface area contributed by atoms with Gasteiger partial charge >= 0.3 is 0 Å². The third-order valence-corrected chi connectivity index (χ3v) is 3.34. The van der Waals surface area contributed by atoms with Gasteiger partial charge in [0.1, 0.15) is 0 Å². The highest BCUT2D eigenvalue weighted by molar-refractivity contribution is 9.09. The summed E-state index contributed by atoms with van der Waals surface area (Å²) in [6.07, 6.45) is 2.22. The van der Waals surface area contributed by atoms with Gasteiger partial charge in [0.15, 0.2) is 0 Å². The van der Waals surface area contributed by atoms with Gasteiger partial charge in [0, 0.05) is 24.0 Å². The van der Waals surface area contributed by atoms with Crippen molar-refractivity contribution in [3.8, 4) is 0 Å². The second-order valence-corrected chi connectivity index (χ2v) is 4.21.